The van der Waals surface area contributed by atoms with Crippen LogP contribution in [0.2, 0.25) is 0 Å². The molecule has 0 spiro atoms. The molecule has 5 nitrogen and oxygen atoms in total. The molecule has 0 aliphatic carbocycles. The van der Waals surface area contributed by atoms with Gasteiger partial charge in [-0.2, -0.15) is 0 Å². The fourth-order valence-electron chi connectivity index (χ4n) is 2.93. The fourth-order valence-corrected chi connectivity index (χ4v) is 2.93. The zero-order valence-electron chi connectivity index (χ0n) is 14.4. The lowest BCUT2D eigenvalue weighted by molar-refractivity contribution is -0.136. The van der Waals surface area contributed by atoms with Crippen molar-refractivity contribution in [1.29, 1.82) is 0 Å². The minimum absolute atomic E-state index is 0. The van der Waals surface area contributed by atoms with Crippen LogP contribution in [0.5, 0.6) is 0 Å². The molecule has 0 aliphatic heterocycles. The van der Waals surface area contributed by atoms with Gasteiger partial charge in [-0.1, -0.05) is 12.1 Å². The molecule has 3 heterocycles. The Morgan fingerprint density at radius 1 is 1.00 bits per heavy atom. The second-order valence-corrected chi connectivity index (χ2v) is 5.90. The first-order valence-electron chi connectivity index (χ1n) is 8.00. The van der Waals surface area contributed by atoms with Gasteiger partial charge in [0, 0.05) is 24.2 Å². The van der Waals surface area contributed by atoms with Crippen LogP contribution in [0.15, 0.2) is 67.3 Å². The number of imidazole rings is 1. The quantitative estimate of drug-likeness (QED) is 0.521. The van der Waals surface area contributed by atoms with Crippen LogP contribution in [0.4, 0.5) is 4.39 Å². The number of carbonyl (C=O) groups is 1. The summed E-state index contributed by atoms with van der Waals surface area (Å²) in [6, 6.07) is 12.3. The Morgan fingerprint density at radius 2 is 1.75 bits per heavy atom. The molecule has 1 aromatic carbocycles. The molecule has 4 rings (SSSR count). The molecule has 0 aliphatic rings. The zero-order valence-corrected chi connectivity index (χ0v) is 16.1. The summed E-state index contributed by atoms with van der Waals surface area (Å²) in [6.45, 7) is 0. The number of hydrogen-bond acceptors (Lipinski definition) is 3. The van der Waals surface area contributed by atoms with Crippen molar-refractivity contribution >= 4 is 36.4 Å². The lowest BCUT2D eigenvalue weighted by Crippen LogP contribution is -2.02. The van der Waals surface area contributed by atoms with E-state index in [2.05, 4.69) is 9.97 Å². The smallest absolute Gasteiger partial charge is 0.307 e. The molecule has 0 unspecified atom stereocenters. The lowest BCUT2D eigenvalue weighted by Gasteiger charge is -2.06. The summed E-state index contributed by atoms with van der Waals surface area (Å²) in [5, 5.41) is 8.82. The standard InChI is InChI=1S/C20H14FN3O2.2ClH/c21-17-9-16(2-1-15(17)11-20(25)26)18-12-23-19-10-14(5-8-24(18)19)13-3-6-22-7-4-13;;/h1-10,12H,11H2,(H,25,26);2*1H. The predicted molar refractivity (Wildman–Crippen MR) is 110 cm³/mol. The predicted octanol–water partition coefficient (Wildman–Crippen LogP) is 4.67. The second kappa shape index (κ2) is 8.82. The minimum Gasteiger partial charge on any atom is -0.481 e. The molecule has 1 N–H and O–H groups in total. The summed E-state index contributed by atoms with van der Waals surface area (Å²) in [4.78, 5) is 19.2. The van der Waals surface area contributed by atoms with E-state index in [9.17, 15) is 9.18 Å². The van der Waals surface area contributed by atoms with E-state index in [0.29, 0.717) is 5.56 Å². The van der Waals surface area contributed by atoms with Crippen molar-refractivity contribution in [2.24, 2.45) is 0 Å². The summed E-state index contributed by atoms with van der Waals surface area (Å²) in [7, 11) is 0. The molecule has 0 radical (unpaired) electrons. The highest BCUT2D eigenvalue weighted by Gasteiger charge is 2.12. The molecule has 144 valence electrons. The van der Waals surface area contributed by atoms with Crippen LogP contribution in [0, 0.1) is 5.82 Å². The number of aromatic nitrogens is 3. The zero-order chi connectivity index (χ0) is 18.1. The third-order valence-electron chi connectivity index (χ3n) is 4.22. The number of aliphatic carboxylic acids is 1. The van der Waals surface area contributed by atoms with Crippen molar-refractivity contribution in [3.8, 4) is 22.4 Å². The van der Waals surface area contributed by atoms with Gasteiger partial charge in [0.05, 0.1) is 18.3 Å². The highest BCUT2D eigenvalue weighted by molar-refractivity contribution is 5.85. The second-order valence-electron chi connectivity index (χ2n) is 5.90. The number of benzene rings is 1. The first kappa shape index (κ1) is 21.3. The Kier molecular flexibility index (Phi) is 6.72. The number of carboxylic acid groups (broad SMARTS) is 1. The Balaban J connectivity index is 0.00000140. The van der Waals surface area contributed by atoms with E-state index in [1.807, 2.05) is 34.9 Å². The van der Waals surface area contributed by atoms with Gasteiger partial charge >= 0.3 is 5.97 Å². The molecule has 0 fully saturated rings. The van der Waals surface area contributed by atoms with Crippen LogP contribution >= 0.6 is 24.8 Å². The molecule has 0 saturated carbocycles. The van der Waals surface area contributed by atoms with Gasteiger partial charge in [-0.15, -0.1) is 24.8 Å². The van der Waals surface area contributed by atoms with Gasteiger partial charge in [0.15, 0.2) is 0 Å². The lowest BCUT2D eigenvalue weighted by atomic mass is 10.1. The molecular formula is C20H16Cl2FN3O2. The van der Waals surface area contributed by atoms with Crippen molar-refractivity contribution in [3.63, 3.8) is 0 Å². The average molecular weight is 420 g/mol. The molecule has 0 saturated heterocycles. The van der Waals surface area contributed by atoms with E-state index >= 15 is 0 Å². The highest BCUT2D eigenvalue weighted by atomic mass is 35.5. The Labute approximate surface area is 172 Å². The van der Waals surface area contributed by atoms with Gasteiger partial charge in [-0.3, -0.25) is 14.2 Å². The number of hydrogen-bond donors (Lipinski definition) is 1. The van der Waals surface area contributed by atoms with E-state index in [4.69, 9.17) is 5.11 Å². The van der Waals surface area contributed by atoms with Gasteiger partial charge < -0.3 is 5.11 Å². The van der Waals surface area contributed by atoms with Crippen LogP contribution in [-0.2, 0) is 11.2 Å². The van der Waals surface area contributed by atoms with Crippen LogP contribution < -0.4 is 0 Å². The van der Waals surface area contributed by atoms with Gasteiger partial charge in [0.25, 0.3) is 0 Å². The van der Waals surface area contributed by atoms with Gasteiger partial charge in [0.1, 0.15) is 11.5 Å². The van der Waals surface area contributed by atoms with Crippen LogP contribution in [-0.4, -0.2) is 25.4 Å². The average Bonchev–Trinajstić information content (AvgIpc) is 3.07. The topological polar surface area (TPSA) is 67.5 Å². The van der Waals surface area contributed by atoms with E-state index in [1.54, 1.807) is 24.7 Å². The number of halogens is 3. The SMILES string of the molecule is Cl.Cl.O=C(O)Cc1ccc(-c2cnc3cc(-c4ccncc4)ccn23)cc1F. The normalized spacial score (nSPS) is 10.2. The van der Waals surface area contributed by atoms with E-state index in [-0.39, 0.29) is 36.8 Å². The summed E-state index contributed by atoms with van der Waals surface area (Å²) in [5.41, 5.74) is 4.33. The van der Waals surface area contributed by atoms with Gasteiger partial charge in [-0.25, -0.2) is 9.37 Å². The number of fused-ring (bicyclic) bond motifs is 1. The molecule has 0 amide bonds. The molecule has 28 heavy (non-hydrogen) atoms. The van der Waals surface area contributed by atoms with Crippen molar-refractivity contribution < 1.29 is 14.3 Å². The number of rotatable bonds is 4. The van der Waals surface area contributed by atoms with Crippen molar-refractivity contribution in [3.05, 3.63) is 78.6 Å². The summed E-state index contributed by atoms with van der Waals surface area (Å²) < 4.78 is 16.1. The Morgan fingerprint density at radius 3 is 2.43 bits per heavy atom. The summed E-state index contributed by atoms with van der Waals surface area (Å²) in [6.07, 6.45) is 6.69. The molecule has 3 aromatic heterocycles. The Bertz CT molecular complexity index is 1120. The van der Waals surface area contributed by atoms with Crippen molar-refractivity contribution in [2.75, 3.05) is 0 Å². The summed E-state index contributed by atoms with van der Waals surface area (Å²) in [5.74, 6) is -1.59. The minimum atomic E-state index is -1.06. The van der Waals surface area contributed by atoms with E-state index < -0.39 is 11.8 Å². The third-order valence-corrected chi connectivity index (χ3v) is 4.22. The van der Waals surface area contributed by atoms with Crippen molar-refractivity contribution in [1.82, 2.24) is 14.4 Å². The van der Waals surface area contributed by atoms with Crippen LogP contribution in [0.1, 0.15) is 5.56 Å². The molecule has 0 atom stereocenters. The number of nitrogens with zero attached hydrogens (tertiary/aromatic N) is 3. The first-order valence-corrected chi connectivity index (χ1v) is 8.00. The molecule has 8 heteroatoms. The van der Waals surface area contributed by atoms with Crippen LogP contribution in [0.25, 0.3) is 28.0 Å². The monoisotopic (exact) mass is 419 g/mol. The third kappa shape index (κ3) is 4.13. The molecular weight excluding hydrogens is 404 g/mol. The molecule has 0 bridgehead atoms. The highest BCUT2D eigenvalue weighted by Crippen LogP contribution is 2.26. The van der Waals surface area contributed by atoms with E-state index in [0.717, 1.165) is 22.5 Å². The fraction of sp³-hybridized carbons (Fsp3) is 0.0500. The maximum Gasteiger partial charge on any atom is 0.307 e. The number of pyridine rings is 2. The maximum atomic E-state index is 14.2. The van der Waals surface area contributed by atoms with Crippen LogP contribution in [0.3, 0.4) is 0 Å². The number of carboxylic acids is 1. The summed E-state index contributed by atoms with van der Waals surface area (Å²) >= 11 is 0. The van der Waals surface area contributed by atoms with Gasteiger partial charge in [0.2, 0.25) is 0 Å². The Hall–Kier alpha value is -2.96. The molecule has 4 aromatic rings. The van der Waals surface area contributed by atoms with Crippen molar-refractivity contribution in [2.45, 2.75) is 6.42 Å². The van der Waals surface area contributed by atoms with Gasteiger partial charge in [-0.05, 0) is 47.0 Å². The maximum absolute atomic E-state index is 14.2. The first-order chi connectivity index (χ1) is 12.6. The van der Waals surface area contributed by atoms with E-state index in [1.165, 1.54) is 12.1 Å². The largest absolute Gasteiger partial charge is 0.481 e.